The first-order chi connectivity index (χ1) is 12.9. The molecule has 0 radical (unpaired) electrons. The minimum atomic E-state index is -0.501. The Balaban J connectivity index is 1.77. The Labute approximate surface area is 165 Å². The maximum Gasteiger partial charge on any atom is 0.234 e. The van der Waals surface area contributed by atoms with E-state index in [1.165, 1.54) is 0 Å². The first-order valence-corrected chi connectivity index (χ1v) is 9.46. The molecule has 150 valence electrons. The Hall–Kier alpha value is -1.67. The number of aliphatic hydroxyl groups is 1. The smallest absolute Gasteiger partial charge is 0.234 e. The van der Waals surface area contributed by atoms with Crippen LogP contribution in [0.15, 0.2) is 24.3 Å². The van der Waals surface area contributed by atoms with Crippen LogP contribution >= 0.6 is 11.6 Å². The number of aliphatic hydroxyl groups excluding tert-OH is 1. The second-order valence-electron chi connectivity index (χ2n) is 7.08. The van der Waals surface area contributed by atoms with Crippen LogP contribution in [0.25, 0.3) is 0 Å². The minimum Gasteiger partial charge on any atom is -0.394 e. The maximum atomic E-state index is 12.2. The molecule has 0 unspecified atom stereocenters. The van der Waals surface area contributed by atoms with E-state index in [0.717, 1.165) is 5.56 Å². The number of rotatable bonds is 8. The summed E-state index contributed by atoms with van der Waals surface area (Å²) in [5, 5.41) is 16.0. The van der Waals surface area contributed by atoms with E-state index in [1.54, 1.807) is 17.0 Å². The predicted molar refractivity (Wildman–Crippen MR) is 103 cm³/mol. The normalized spacial score (nSPS) is 22.5. The summed E-state index contributed by atoms with van der Waals surface area (Å²) < 4.78 is 5.84. The number of nitrogens with one attached hydrogen (secondary N) is 2. The highest BCUT2D eigenvalue weighted by Gasteiger charge is 2.32. The van der Waals surface area contributed by atoms with Crippen molar-refractivity contribution >= 4 is 23.4 Å². The van der Waals surface area contributed by atoms with Crippen LogP contribution in [0.1, 0.15) is 24.8 Å². The second kappa shape index (κ2) is 10.6. The summed E-state index contributed by atoms with van der Waals surface area (Å²) in [6, 6.07) is 7.05. The summed E-state index contributed by atoms with van der Waals surface area (Å²) in [6.07, 6.45) is 0.771. The van der Waals surface area contributed by atoms with Gasteiger partial charge in [-0.15, -0.1) is 0 Å². The fourth-order valence-electron chi connectivity index (χ4n) is 3.07. The molecular weight excluding hydrogens is 370 g/mol. The van der Waals surface area contributed by atoms with Crippen molar-refractivity contribution in [1.29, 1.82) is 0 Å². The summed E-state index contributed by atoms with van der Waals surface area (Å²) in [6.45, 7) is 0.510. The van der Waals surface area contributed by atoms with Gasteiger partial charge in [0.05, 0.1) is 31.7 Å². The molecule has 0 bridgehead atoms. The summed E-state index contributed by atoms with van der Waals surface area (Å²) in [4.78, 5) is 25.9. The molecular formula is C19H28ClN3O4. The molecule has 1 aromatic carbocycles. The minimum absolute atomic E-state index is 0.105. The van der Waals surface area contributed by atoms with Crippen molar-refractivity contribution < 1.29 is 19.4 Å². The standard InChI is InChI=1S/C19H28ClN3O4/c1-23(2)11-19(26)22-16-8-7-15(27-17(16)12-24)9-18(25)21-10-13-3-5-14(20)6-4-13/h3-6,15-17,24H,7-12H2,1-2H3,(H,21,25)(H,22,26)/t15-,16+,17-/m0/s1. The first kappa shape index (κ1) is 21.6. The molecule has 0 saturated carbocycles. The van der Waals surface area contributed by atoms with Gasteiger partial charge in [-0.25, -0.2) is 0 Å². The number of benzene rings is 1. The van der Waals surface area contributed by atoms with Crippen molar-refractivity contribution in [2.24, 2.45) is 0 Å². The highest BCUT2D eigenvalue weighted by Crippen LogP contribution is 2.22. The van der Waals surface area contributed by atoms with Crippen molar-refractivity contribution in [2.75, 3.05) is 27.2 Å². The molecule has 7 nitrogen and oxygen atoms in total. The van der Waals surface area contributed by atoms with Gasteiger partial charge in [0.15, 0.2) is 0 Å². The van der Waals surface area contributed by atoms with Crippen molar-refractivity contribution in [3.05, 3.63) is 34.9 Å². The van der Waals surface area contributed by atoms with Gasteiger partial charge in [0.2, 0.25) is 11.8 Å². The molecule has 1 heterocycles. The van der Waals surface area contributed by atoms with E-state index >= 15 is 0 Å². The number of amides is 2. The van der Waals surface area contributed by atoms with Gasteiger partial charge < -0.3 is 25.4 Å². The van der Waals surface area contributed by atoms with E-state index in [0.29, 0.717) is 24.4 Å². The van der Waals surface area contributed by atoms with Crippen molar-refractivity contribution in [3.63, 3.8) is 0 Å². The third kappa shape index (κ3) is 7.46. The van der Waals surface area contributed by atoms with Crippen LogP contribution in [0.3, 0.4) is 0 Å². The lowest BCUT2D eigenvalue weighted by molar-refractivity contribution is -0.136. The molecule has 1 aliphatic heterocycles. The quantitative estimate of drug-likeness (QED) is 0.607. The average molecular weight is 398 g/mol. The van der Waals surface area contributed by atoms with Crippen LogP contribution in [0.5, 0.6) is 0 Å². The van der Waals surface area contributed by atoms with Gasteiger partial charge in [-0.05, 0) is 44.6 Å². The SMILES string of the molecule is CN(C)CC(=O)N[C@@H]1CC[C@@H](CC(=O)NCc2ccc(Cl)cc2)O[C@H]1CO. The number of carbonyl (C=O) groups is 2. The van der Waals surface area contributed by atoms with Gasteiger partial charge in [0, 0.05) is 11.6 Å². The lowest BCUT2D eigenvalue weighted by Crippen LogP contribution is -2.52. The number of carbonyl (C=O) groups excluding carboxylic acids is 2. The summed E-state index contributed by atoms with van der Waals surface area (Å²) >= 11 is 5.85. The van der Waals surface area contributed by atoms with Gasteiger partial charge >= 0.3 is 0 Å². The molecule has 3 atom stereocenters. The van der Waals surface area contributed by atoms with E-state index in [4.69, 9.17) is 16.3 Å². The van der Waals surface area contributed by atoms with E-state index in [2.05, 4.69) is 10.6 Å². The fraction of sp³-hybridized carbons (Fsp3) is 0.579. The summed E-state index contributed by atoms with van der Waals surface area (Å²) in [5.74, 6) is -0.215. The van der Waals surface area contributed by atoms with Gasteiger partial charge in [-0.3, -0.25) is 9.59 Å². The summed E-state index contributed by atoms with van der Waals surface area (Å²) in [7, 11) is 3.64. The first-order valence-electron chi connectivity index (χ1n) is 9.09. The molecule has 0 aliphatic carbocycles. The molecule has 27 heavy (non-hydrogen) atoms. The molecule has 1 aliphatic rings. The molecule has 0 aromatic heterocycles. The number of nitrogens with zero attached hydrogens (tertiary/aromatic N) is 1. The Morgan fingerprint density at radius 2 is 1.93 bits per heavy atom. The van der Waals surface area contributed by atoms with Gasteiger partial charge in [-0.2, -0.15) is 0 Å². The monoisotopic (exact) mass is 397 g/mol. The molecule has 3 N–H and O–H groups in total. The van der Waals surface area contributed by atoms with Crippen LogP contribution in [-0.2, 0) is 20.9 Å². The largest absolute Gasteiger partial charge is 0.394 e. The molecule has 8 heteroatoms. The molecule has 1 aromatic rings. The average Bonchev–Trinajstić information content (AvgIpc) is 2.61. The molecule has 1 saturated heterocycles. The third-order valence-electron chi connectivity index (χ3n) is 4.42. The number of ether oxygens (including phenoxy) is 1. The fourth-order valence-corrected chi connectivity index (χ4v) is 3.19. The van der Waals surface area contributed by atoms with E-state index in [-0.39, 0.29) is 43.5 Å². The van der Waals surface area contributed by atoms with Crippen molar-refractivity contribution in [2.45, 2.75) is 44.1 Å². The lowest BCUT2D eigenvalue weighted by atomic mass is 9.97. The topological polar surface area (TPSA) is 90.9 Å². The van der Waals surface area contributed by atoms with Crippen molar-refractivity contribution in [3.8, 4) is 0 Å². The second-order valence-corrected chi connectivity index (χ2v) is 7.51. The molecule has 2 rings (SSSR count). The number of hydrogen-bond donors (Lipinski definition) is 3. The van der Waals surface area contributed by atoms with Crippen LogP contribution in [0, 0.1) is 0 Å². The molecule has 0 spiro atoms. The van der Waals surface area contributed by atoms with E-state index < -0.39 is 6.10 Å². The molecule has 1 fully saturated rings. The van der Waals surface area contributed by atoms with Crippen LogP contribution in [0.4, 0.5) is 0 Å². The van der Waals surface area contributed by atoms with Gasteiger partial charge in [0.25, 0.3) is 0 Å². The van der Waals surface area contributed by atoms with Gasteiger partial charge in [-0.1, -0.05) is 23.7 Å². The number of hydrogen-bond acceptors (Lipinski definition) is 5. The predicted octanol–water partition coefficient (Wildman–Crippen LogP) is 0.933. The number of halogens is 1. The Morgan fingerprint density at radius 1 is 1.22 bits per heavy atom. The Bertz CT molecular complexity index is 624. The molecule has 2 amide bonds. The highest BCUT2D eigenvalue weighted by molar-refractivity contribution is 6.30. The summed E-state index contributed by atoms with van der Waals surface area (Å²) in [5.41, 5.74) is 0.967. The van der Waals surface area contributed by atoms with Crippen LogP contribution in [0.2, 0.25) is 5.02 Å². The zero-order valence-electron chi connectivity index (χ0n) is 15.8. The lowest BCUT2D eigenvalue weighted by Gasteiger charge is -2.36. The number of likely N-dealkylation sites (N-methyl/N-ethyl adjacent to an activating group) is 1. The zero-order chi connectivity index (χ0) is 19.8. The zero-order valence-corrected chi connectivity index (χ0v) is 16.5. The Kier molecular flexibility index (Phi) is 8.50. The van der Waals surface area contributed by atoms with Gasteiger partial charge in [0.1, 0.15) is 6.10 Å². The maximum absolute atomic E-state index is 12.2. The van der Waals surface area contributed by atoms with Crippen LogP contribution in [-0.4, -0.2) is 67.3 Å². The van der Waals surface area contributed by atoms with Crippen molar-refractivity contribution in [1.82, 2.24) is 15.5 Å². The van der Waals surface area contributed by atoms with E-state index in [9.17, 15) is 14.7 Å². The van der Waals surface area contributed by atoms with Crippen LogP contribution < -0.4 is 10.6 Å². The van der Waals surface area contributed by atoms with E-state index in [1.807, 2.05) is 26.2 Å². The highest BCUT2D eigenvalue weighted by atomic mass is 35.5. The Morgan fingerprint density at radius 3 is 2.56 bits per heavy atom. The third-order valence-corrected chi connectivity index (χ3v) is 4.67.